The van der Waals surface area contributed by atoms with Crippen molar-refractivity contribution in [2.24, 2.45) is 10.1 Å². The molecule has 0 aliphatic carbocycles. The molecule has 0 saturated heterocycles. The fraction of sp³-hybridized carbons (Fsp3) is 0.324. The summed E-state index contributed by atoms with van der Waals surface area (Å²) in [5.41, 5.74) is 7.94. The Balaban J connectivity index is 1.58. The van der Waals surface area contributed by atoms with Crippen molar-refractivity contribution >= 4 is 24.1 Å². The quantitative estimate of drug-likeness (QED) is 0.0713. The third kappa shape index (κ3) is 9.31. The van der Waals surface area contributed by atoms with E-state index in [9.17, 15) is 4.79 Å². The van der Waals surface area contributed by atoms with Crippen LogP contribution in [-0.2, 0) is 9.57 Å². The molecule has 2 aromatic carbocycles. The molecule has 0 atom stereocenters. The van der Waals surface area contributed by atoms with E-state index in [1.807, 2.05) is 36.4 Å². The molecule has 6 heteroatoms. The van der Waals surface area contributed by atoms with Crippen molar-refractivity contribution in [2.75, 3.05) is 26.8 Å². The number of benzene rings is 2. The Morgan fingerprint density at radius 3 is 2.52 bits per heavy atom. The number of methoxy groups -OCH3 is 1. The third-order valence-corrected chi connectivity index (χ3v) is 6.61. The van der Waals surface area contributed by atoms with Crippen LogP contribution < -0.4 is 5.32 Å². The lowest BCUT2D eigenvalue weighted by Gasteiger charge is -2.18. The Morgan fingerprint density at radius 2 is 1.85 bits per heavy atom. The van der Waals surface area contributed by atoms with Crippen LogP contribution in [0.1, 0.15) is 67.4 Å². The molecule has 0 spiro atoms. The van der Waals surface area contributed by atoms with Crippen LogP contribution in [0.25, 0.3) is 16.7 Å². The van der Waals surface area contributed by atoms with Gasteiger partial charge in [0, 0.05) is 12.1 Å². The Kier molecular flexibility index (Phi) is 12.3. The lowest BCUT2D eigenvalue weighted by atomic mass is 9.91. The zero-order valence-electron chi connectivity index (χ0n) is 24.0. The van der Waals surface area contributed by atoms with Gasteiger partial charge in [-0.15, -0.1) is 0 Å². The zero-order valence-corrected chi connectivity index (χ0v) is 24.0. The summed E-state index contributed by atoms with van der Waals surface area (Å²) in [6.07, 6.45) is 13.2. The molecule has 40 heavy (non-hydrogen) atoms. The maximum Gasteiger partial charge on any atom is 0.338 e. The number of oxime groups is 1. The van der Waals surface area contributed by atoms with Gasteiger partial charge in [0.2, 0.25) is 0 Å². The molecule has 210 valence electrons. The number of nitrogens with one attached hydrogen (secondary N) is 1. The van der Waals surface area contributed by atoms with Crippen molar-refractivity contribution < 1.29 is 14.4 Å². The number of aliphatic imine (C=N–C) groups is 1. The molecule has 1 aliphatic heterocycles. The van der Waals surface area contributed by atoms with Gasteiger partial charge in [-0.2, -0.15) is 0 Å². The number of hydrogen-bond donors (Lipinski definition) is 1. The number of hydrogen-bond acceptors (Lipinski definition) is 5. The predicted molar refractivity (Wildman–Crippen MR) is 167 cm³/mol. The highest BCUT2D eigenvalue weighted by atomic mass is 16.6. The topological polar surface area (TPSA) is 72.3 Å². The molecule has 0 bridgehead atoms. The number of amidine groups is 1. The average molecular weight is 540 g/mol. The van der Waals surface area contributed by atoms with Gasteiger partial charge < -0.3 is 14.9 Å². The minimum Gasteiger partial charge on any atom is -0.465 e. The molecule has 0 saturated carbocycles. The van der Waals surface area contributed by atoms with Crippen molar-refractivity contribution in [3.8, 4) is 11.1 Å². The van der Waals surface area contributed by atoms with Gasteiger partial charge in [-0.05, 0) is 93.6 Å². The van der Waals surface area contributed by atoms with Gasteiger partial charge >= 0.3 is 5.97 Å². The normalized spacial score (nSPS) is 13.5. The fourth-order valence-electron chi connectivity index (χ4n) is 4.39. The number of esters is 1. The van der Waals surface area contributed by atoms with Crippen molar-refractivity contribution in [3.05, 3.63) is 101 Å². The molecule has 0 fully saturated rings. The first kappa shape index (κ1) is 30.5. The van der Waals surface area contributed by atoms with E-state index in [0.29, 0.717) is 18.0 Å². The molecule has 0 amide bonds. The summed E-state index contributed by atoms with van der Waals surface area (Å²) in [5.74, 6) is 0.123. The van der Waals surface area contributed by atoms with E-state index in [-0.39, 0.29) is 5.97 Å². The predicted octanol–water partition coefficient (Wildman–Crippen LogP) is 7.53. The largest absolute Gasteiger partial charge is 0.465 e. The monoisotopic (exact) mass is 539 g/mol. The Morgan fingerprint density at radius 1 is 1.07 bits per heavy atom. The molecular formula is C34H41N3O3. The van der Waals surface area contributed by atoms with Gasteiger partial charge in [0.05, 0.1) is 12.7 Å². The maximum atomic E-state index is 12.4. The highest BCUT2D eigenvalue weighted by Crippen LogP contribution is 2.30. The van der Waals surface area contributed by atoms with Crippen molar-refractivity contribution in [2.45, 2.75) is 46.0 Å². The third-order valence-electron chi connectivity index (χ3n) is 6.61. The zero-order chi connectivity index (χ0) is 28.7. The van der Waals surface area contributed by atoms with Crippen LogP contribution in [0.15, 0.2) is 94.6 Å². The van der Waals surface area contributed by atoms with Gasteiger partial charge in [-0.1, -0.05) is 77.5 Å². The summed E-state index contributed by atoms with van der Waals surface area (Å²) >= 11 is 0. The SMILES string of the molecule is C=N/C(=N\OCCCCCC(=C)/C=C\C=C(C)C)c1ccc(-c2ccc(C(=O)OC)c(C3=CCNCC3)c2)cc1. The number of allylic oxidation sites excluding steroid dienone is 5. The minimum atomic E-state index is -0.327. The number of carbonyl (C=O) groups is 1. The molecule has 1 N–H and O–H groups in total. The van der Waals surface area contributed by atoms with Gasteiger partial charge in [-0.25, -0.2) is 9.79 Å². The molecule has 3 rings (SSSR count). The summed E-state index contributed by atoms with van der Waals surface area (Å²) in [6.45, 7) is 14.1. The van der Waals surface area contributed by atoms with Crippen molar-refractivity contribution in [1.29, 1.82) is 0 Å². The number of unbranched alkanes of at least 4 members (excludes halogenated alkanes) is 2. The van der Waals surface area contributed by atoms with E-state index >= 15 is 0 Å². The smallest absolute Gasteiger partial charge is 0.338 e. The van der Waals surface area contributed by atoms with Crippen LogP contribution in [-0.4, -0.2) is 45.3 Å². The van der Waals surface area contributed by atoms with E-state index in [0.717, 1.165) is 78.6 Å². The van der Waals surface area contributed by atoms with Gasteiger partial charge in [-0.3, -0.25) is 0 Å². The molecule has 0 unspecified atom stereocenters. The van der Waals surface area contributed by atoms with Crippen LogP contribution in [0.5, 0.6) is 0 Å². The first-order valence-corrected chi connectivity index (χ1v) is 13.8. The summed E-state index contributed by atoms with van der Waals surface area (Å²) in [7, 11) is 1.41. The molecule has 1 aliphatic rings. The van der Waals surface area contributed by atoms with Crippen LogP contribution in [0.2, 0.25) is 0 Å². The second-order valence-corrected chi connectivity index (χ2v) is 9.99. The van der Waals surface area contributed by atoms with Gasteiger partial charge in [0.1, 0.15) is 6.61 Å². The lowest BCUT2D eigenvalue weighted by molar-refractivity contribution is 0.0600. The molecule has 1 heterocycles. The fourth-order valence-corrected chi connectivity index (χ4v) is 4.39. The van der Waals surface area contributed by atoms with Crippen molar-refractivity contribution in [3.63, 3.8) is 0 Å². The Hall–Kier alpha value is -4.03. The van der Waals surface area contributed by atoms with Crippen molar-refractivity contribution in [1.82, 2.24) is 5.32 Å². The first-order valence-electron chi connectivity index (χ1n) is 13.8. The Bertz CT molecular complexity index is 1300. The number of nitrogens with zero attached hydrogens (tertiary/aromatic N) is 2. The summed E-state index contributed by atoms with van der Waals surface area (Å²) < 4.78 is 5.03. The minimum absolute atomic E-state index is 0.327. The molecule has 2 aromatic rings. The molecule has 0 aromatic heterocycles. The van der Waals surface area contributed by atoms with E-state index in [1.54, 1.807) is 0 Å². The summed E-state index contributed by atoms with van der Waals surface area (Å²) in [4.78, 5) is 22.0. The van der Waals surface area contributed by atoms with Crippen LogP contribution in [0.4, 0.5) is 0 Å². The van der Waals surface area contributed by atoms with E-state index in [2.05, 4.69) is 73.0 Å². The number of carbonyl (C=O) groups excluding carboxylic acids is 1. The lowest BCUT2D eigenvalue weighted by Crippen LogP contribution is -2.20. The molecule has 0 radical (unpaired) electrons. The Labute approximate surface area is 238 Å². The highest BCUT2D eigenvalue weighted by Gasteiger charge is 2.17. The van der Waals surface area contributed by atoms with E-state index in [1.165, 1.54) is 12.7 Å². The maximum absolute atomic E-state index is 12.4. The van der Waals surface area contributed by atoms with Crippen LogP contribution in [0, 0.1) is 0 Å². The summed E-state index contributed by atoms with van der Waals surface area (Å²) in [5, 5.41) is 7.53. The standard InChI is InChI=1S/C34H41N3O3/c1-25(2)10-9-12-26(3)11-7-6-8-23-40-37-33(35-4)29-15-13-27(14-16-29)30-17-18-31(34(38)39-5)32(24-30)28-19-21-36-22-20-28/h9-10,12-19,24,36H,3-4,6-8,11,20-23H2,1-2,5H3/b12-9-,37-33-. The van der Waals surface area contributed by atoms with Gasteiger partial charge in [0.25, 0.3) is 0 Å². The van der Waals surface area contributed by atoms with Gasteiger partial charge in [0.15, 0.2) is 5.84 Å². The molecular weight excluding hydrogens is 498 g/mol. The number of ether oxygens (including phenoxy) is 1. The average Bonchev–Trinajstić information content (AvgIpc) is 2.98. The highest BCUT2D eigenvalue weighted by molar-refractivity contribution is 6.01. The van der Waals surface area contributed by atoms with Crippen LogP contribution in [0.3, 0.4) is 0 Å². The number of rotatable bonds is 13. The first-order chi connectivity index (χ1) is 19.4. The molecule has 6 nitrogen and oxygen atoms in total. The second kappa shape index (κ2) is 16.2. The van der Waals surface area contributed by atoms with E-state index in [4.69, 9.17) is 9.57 Å². The second-order valence-electron chi connectivity index (χ2n) is 9.99. The van der Waals surface area contributed by atoms with Crippen LogP contribution >= 0.6 is 0 Å². The summed E-state index contributed by atoms with van der Waals surface area (Å²) in [6, 6.07) is 13.8. The van der Waals surface area contributed by atoms with E-state index < -0.39 is 0 Å².